The van der Waals surface area contributed by atoms with E-state index in [4.69, 9.17) is 0 Å². The molecule has 0 radical (unpaired) electrons. The summed E-state index contributed by atoms with van der Waals surface area (Å²) >= 11 is 1.24. The van der Waals surface area contributed by atoms with Crippen molar-refractivity contribution in [3.63, 3.8) is 0 Å². The number of hydrogen-bond acceptors (Lipinski definition) is 5. The molecule has 0 spiro atoms. The van der Waals surface area contributed by atoms with E-state index in [0.717, 1.165) is 18.7 Å². The van der Waals surface area contributed by atoms with Gasteiger partial charge in [-0.1, -0.05) is 24.6 Å². The lowest BCUT2D eigenvalue weighted by Gasteiger charge is -2.08. The van der Waals surface area contributed by atoms with E-state index in [9.17, 15) is 9.59 Å². The van der Waals surface area contributed by atoms with E-state index in [1.807, 2.05) is 0 Å². The molecule has 3 N–H and O–H groups in total. The summed E-state index contributed by atoms with van der Waals surface area (Å²) < 4.78 is 0. The van der Waals surface area contributed by atoms with Crippen molar-refractivity contribution in [3.8, 4) is 0 Å². The van der Waals surface area contributed by atoms with Crippen molar-refractivity contribution in [2.24, 2.45) is 0 Å². The number of carbonyl (C=O) groups is 2. The predicted molar refractivity (Wildman–Crippen MR) is 75.5 cm³/mol. The Morgan fingerprint density at radius 3 is 2.75 bits per heavy atom. The van der Waals surface area contributed by atoms with Crippen LogP contribution in [0.1, 0.15) is 44.3 Å². The molecule has 110 valence electrons. The van der Waals surface area contributed by atoms with Crippen LogP contribution in [-0.4, -0.2) is 39.4 Å². The molecule has 1 aromatic heterocycles. The fourth-order valence-electron chi connectivity index (χ4n) is 2.18. The number of rotatable bonds is 4. The summed E-state index contributed by atoms with van der Waals surface area (Å²) in [6.45, 7) is 1.72. The van der Waals surface area contributed by atoms with Gasteiger partial charge >= 0.3 is 6.03 Å². The van der Waals surface area contributed by atoms with Crippen molar-refractivity contribution in [2.75, 3.05) is 7.05 Å². The molecule has 1 saturated carbocycles. The van der Waals surface area contributed by atoms with E-state index < -0.39 is 11.3 Å². The van der Waals surface area contributed by atoms with Gasteiger partial charge in [0.2, 0.25) is 11.1 Å². The SMILES string of the molecule is CNC(=O)NC(=O)[C@H](C)Sc1n[nH]c(C2CCCC2)n1. The molecular weight excluding hydrogens is 278 g/mol. The number of hydrogen-bond donors (Lipinski definition) is 3. The number of urea groups is 1. The molecule has 1 aromatic rings. The van der Waals surface area contributed by atoms with Crippen LogP contribution in [0, 0.1) is 0 Å². The van der Waals surface area contributed by atoms with Crippen molar-refractivity contribution in [2.45, 2.75) is 48.9 Å². The molecular formula is C12H19N5O2S. The lowest BCUT2D eigenvalue weighted by atomic mass is 10.1. The molecule has 0 unspecified atom stereocenters. The molecule has 8 heteroatoms. The average Bonchev–Trinajstić information content (AvgIpc) is 3.08. The van der Waals surface area contributed by atoms with Crippen molar-refractivity contribution in [1.29, 1.82) is 0 Å². The Labute approximate surface area is 121 Å². The highest BCUT2D eigenvalue weighted by Crippen LogP contribution is 2.32. The van der Waals surface area contributed by atoms with Crippen LogP contribution in [0.4, 0.5) is 4.79 Å². The summed E-state index contributed by atoms with van der Waals surface area (Å²) in [5.41, 5.74) is 0. The number of aromatic nitrogens is 3. The molecule has 0 bridgehead atoms. The normalized spacial score (nSPS) is 16.9. The van der Waals surface area contributed by atoms with Gasteiger partial charge in [0.25, 0.3) is 0 Å². The molecule has 1 fully saturated rings. The van der Waals surface area contributed by atoms with Gasteiger partial charge in [-0.05, 0) is 19.8 Å². The fourth-order valence-corrected chi connectivity index (χ4v) is 2.91. The van der Waals surface area contributed by atoms with Crippen LogP contribution in [0.15, 0.2) is 5.16 Å². The first-order chi connectivity index (χ1) is 9.60. The average molecular weight is 297 g/mol. The maximum absolute atomic E-state index is 11.7. The summed E-state index contributed by atoms with van der Waals surface area (Å²) in [7, 11) is 1.46. The van der Waals surface area contributed by atoms with Crippen LogP contribution >= 0.6 is 11.8 Å². The number of thioether (sulfide) groups is 1. The zero-order valence-electron chi connectivity index (χ0n) is 11.6. The molecule has 0 saturated heterocycles. The predicted octanol–water partition coefficient (Wildman–Crippen LogP) is 1.40. The second kappa shape index (κ2) is 6.74. The summed E-state index contributed by atoms with van der Waals surface area (Å²) in [6.07, 6.45) is 4.76. The molecule has 1 aliphatic carbocycles. The van der Waals surface area contributed by atoms with Gasteiger partial charge in [-0.3, -0.25) is 15.2 Å². The van der Waals surface area contributed by atoms with E-state index >= 15 is 0 Å². The lowest BCUT2D eigenvalue weighted by molar-refractivity contribution is -0.119. The van der Waals surface area contributed by atoms with Gasteiger partial charge in [-0.15, -0.1) is 5.10 Å². The van der Waals surface area contributed by atoms with Crippen molar-refractivity contribution < 1.29 is 9.59 Å². The zero-order chi connectivity index (χ0) is 14.5. The Morgan fingerprint density at radius 1 is 1.40 bits per heavy atom. The third-order valence-corrected chi connectivity index (χ3v) is 4.30. The minimum absolute atomic E-state index is 0.360. The smallest absolute Gasteiger partial charge is 0.321 e. The highest BCUT2D eigenvalue weighted by molar-refractivity contribution is 8.00. The number of H-pyrrole nitrogens is 1. The topological polar surface area (TPSA) is 99.8 Å². The molecule has 0 aliphatic heterocycles. The van der Waals surface area contributed by atoms with Gasteiger partial charge in [0.15, 0.2) is 0 Å². The first-order valence-electron chi connectivity index (χ1n) is 6.71. The highest BCUT2D eigenvalue weighted by Gasteiger charge is 2.23. The molecule has 1 atom stereocenters. The number of nitrogens with zero attached hydrogens (tertiary/aromatic N) is 2. The van der Waals surface area contributed by atoms with Gasteiger partial charge in [-0.2, -0.15) is 0 Å². The van der Waals surface area contributed by atoms with Gasteiger partial charge in [0, 0.05) is 13.0 Å². The summed E-state index contributed by atoms with van der Waals surface area (Å²) in [5, 5.41) is 11.8. The molecule has 2 rings (SSSR count). The Morgan fingerprint density at radius 2 is 2.10 bits per heavy atom. The first-order valence-corrected chi connectivity index (χ1v) is 7.59. The van der Waals surface area contributed by atoms with E-state index in [2.05, 4.69) is 25.8 Å². The fraction of sp³-hybridized carbons (Fsp3) is 0.667. The van der Waals surface area contributed by atoms with Crippen LogP contribution in [-0.2, 0) is 4.79 Å². The third kappa shape index (κ3) is 3.72. The quantitative estimate of drug-likeness (QED) is 0.729. The maximum Gasteiger partial charge on any atom is 0.321 e. The van der Waals surface area contributed by atoms with Crippen LogP contribution in [0.25, 0.3) is 0 Å². The molecule has 0 aromatic carbocycles. The van der Waals surface area contributed by atoms with Gasteiger partial charge in [-0.25, -0.2) is 9.78 Å². The minimum Gasteiger partial charge on any atom is -0.341 e. The minimum atomic E-state index is -0.510. The molecule has 1 heterocycles. The Balaban J connectivity index is 1.89. The van der Waals surface area contributed by atoms with Crippen LogP contribution in [0.5, 0.6) is 0 Å². The van der Waals surface area contributed by atoms with Gasteiger partial charge in [0.1, 0.15) is 5.82 Å². The monoisotopic (exact) mass is 297 g/mol. The van der Waals surface area contributed by atoms with E-state index in [-0.39, 0.29) is 5.91 Å². The number of amides is 3. The molecule has 1 aliphatic rings. The lowest BCUT2D eigenvalue weighted by Crippen LogP contribution is -2.41. The van der Waals surface area contributed by atoms with Crippen LogP contribution < -0.4 is 10.6 Å². The number of nitrogens with one attached hydrogen (secondary N) is 3. The van der Waals surface area contributed by atoms with Crippen molar-refractivity contribution in [3.05, 3.63) is 5.82 Å². The summed E-state index contributed by atoms with van der Waals surface area (Å²) in [4.78, 5) is 27.2. The maximum atomic E-state index is 11.7. The molecule has 3 amide bonds. The number of carbonyl (C=O) groups excluding carboxylic acids is 2. The zero-order valence-corrected chi connectivity index (χ0v) is 12.4. The van der Waals surface area contributed by atoms with Crippen molar-refractivity contribution >= 4 is 23.7 Å². The van der Waals surface area contributed by atoms with Crippen molar-refractivity contribution in [1.82, 2.24) is 25.8 Å². The van der Waals surface area contributed by atoms with E-state index in [1.54, 1.807) is 6.92 Å². The first kappa shape index (κ1) is 14.8. The van der Waals surface area contributed by atoms with E-state index in [0.29, 0.717) is 11.1 Å². The molecule has 20 heavy (non-hydrogen) atoms. The summed E-state index contributed by atoms with van der Waals surface area (Å²) in [5.74, 6) is 1.01. The second-order valence-corrected chi connectivity index (χ2v) is 6.12. The number of aromatic amines is 1. The third-order valence-electron chi connectivity index (χ3n) is 3.34. The molecule has 7 nitrogen and oxygen atoms in total. The standard InChI is InChI=1S/C12H19N5O2S/c1-7(10(18)15-11(19)13-2)20-12-14-9(16-17-12)8-5-3-4-6-8/h7-8H,3-6H2,1-2H3,(H,14,16,17)(H2,13,15,18,19)/t7-/m0/s1. The highest BCUT2D eigenvalue weighted by atomic mass is 32.2. The second-order valence-electron chi connectivity index (χ2n) is 4.81. The van der Waals surface area contributed by atoms with E-state index in [1.165, 1.54) is 31.7 Å². The van der Waals surface area contributed by atoms with Crippen LogP contribution in [0.3, 0.4) is 0 Å². The Kier molecular flexibility index (Phi) is 4.99. The number of imide groups is 1. The Hall–Kier alpha value is -1.57. The largest absolute Gasteiger partial charge is 0.341 e. The Bertz CT molecular complexity index is 484. The van der Waals surface area contributed by atoms with Crippen LogP contribution in [0.2, 0.25) is 0 Å². The van der Waals surface area contributed by atoms with Gasteiger partial charge < -0.3 is 5.32 Å². The van der Waals surface area contributed by atoms with Gasteiger partial charge in [0.05, 0.1) is 5.25 Å². The summed E-state index contributed by atoms with van der Waals surface area (Å²) in [6, 6.07) is -0.510.